The maximum atomic E-state index is 13.4. The Hall–Kier alpha value is -5.64. The number of rotatable bonds is 11. The van der Waals surface area contributed by atoms with Crippen molar-refractivity contribution in [1.29, 1.82) is 0 Å². The van der Waals surface area contributed by atoms with E-state index in [1.165, 1.54) is 0 Å². The van der Waals surface area contributed by atoms with Crippen LogP contribution in [0, 0.1) is 11.8 Å². The molecule has 0 saturated carbocycles. The third-order valence-electron chi connectivity index (χ3n) is 8.70. The number of phenolic OH excluding ortho intramolecular Hbond substituents is 6. The second kappa shape index (κ2) is 12.9. The second-order valence-electron chi connectivity index (χ2n) is 13.0. The number of carbonyl (C=O) groups is 4. The molecule has 0 bridgehead atoms. The van der Waals surface area contributed by atoms with E-state index in [-0.39, 0.29) is 42.8 Å². The van der Waals surface area contributed by atoms with Crippen LogP contribution in [-0.2, 0) is 6.42 Å². The molecule has 0 amide bonds. The predicted molar refractivity (Wildman–Crippen MR) is 177 cm³/mol. The third-order valence-corrected chi connectivity index (χ3v) is 8.70. The smallest absolute Gasteiger partial charge is 0.170 e. The van der Waals surface area contributed by atoms with Crippen molar-refractivity contribution in [2.75, 3.05) is 0 Å². The molecular formula is C38H36O10. The van der Waals surface area contributed by atoms with Gasteiger partial charge in [0.2, 0.25) is 0 Å². The first-order chi connectivity index (χ1) is 22.7. The van der Waals surface area contributed by atoms with Gasteiger partial charge in [-0.2, -0.15) is 0 Å². The normalized spacial score (nSPS) is 12.0. The zero-order valence-corrected chi connectivity index (χ0v) is 26.9. The average Bonchev–Trinajstić information content (AvgIpc) is 3.38. The van der Waals surface area contributed by atoms with Gasteiger partial charge in [0.15, 0.2) is 24.1 Å². The highest BCUT2D eigenvalue weighted by atomic mass is 16.3. The van der Waals surface area contributed by atoms with Gasteiger partial charge in [0.05, 0.1) is 11.1 Å². The minimum Gasteiger partial charge on any atom is -0.507 e. The monoisotopic (exact) mass is 652 g/mol. The van der Waals surface area contributed by atoms with Crippen molar-refractivity contribution in [1.82, 2.24) is 0 Å². The maximum absolute atomic E-state index is 13.4. The summed E-state index contributed by atoms with van der Waals surface area (Å²) in [5.74, 6) is -9.39. The minimum absolute atomic E-state index is 0.0983. The second-order valence-corrected chi connectivity index (χ2v) is 13.0. The fraction of sp³-hybridized carbons (Fsp3) is 0.263. The molecule has 0 fully saturated rings. The van der Waals surface area contributed by atoms with E-state index in [0.29, 0.717) is 6.42 Å². The first kappa shape index (κ1) is 33.7. The van der Waals surface area contributed by atoms with Crippen molar-refractivity contribution in [3.63, 3.8) is 0 Å². The molecule has 0 saturated heterocycles. The fourth-order valence-electron chi connectivity index (χ4n) is 6.57. The summed E-state index contributed by atoms with van der Waals surface area (Å²) >= 11 is 0. The van der Waals surface area contributed by atoms with Gasteiger partial charge in [-0.3, -0.25) is 19.2 Å². The van der Waals surface area contributed by atoms with E-state index < -0.39 is 85.4 Å². The van der Waals surface area contributed by atoms with Crippen LogP contribution in [0.5, 0.6) is 34.5 Å². The summed E-state index contributed by atoms with van der Waals surface area (Å²) in [5, 5.41) is 68.4. The summed E-state index contributed by atoms with van der Waals surface area (Å²) in [6.45, 7) is 6.90. The molecular weight excluding hydrogens is 616 g/mol. The first-order valence-electron chi connectivity index (χ1n) is 15.5. The molecule has 4 aromatic rings. The van der Waals surface area contributed by atoms with Gasteiger partial charge in [-0.1, -0.05) is 70.2 Å². The predicted octanol–water partition coefficient (Wildman–Crippen LogP) is 6.75. The van der Waals surface area contributed by atoms with Gasteiger partial charge >= 0.3 is 0 Å². The molecule has 0 heterocycles. The number of aromatic hydroxyl groups is 6. The molecule has 5 rings (SSSR count). The van der Waals surface area contributed by atoms with Crippen LogP contribution in [0.1, 0.15) is 116 Å². The van der Waals surface area contributed by atoms with Crippen LogP contribution < -0.4 is 0 Å². The molecule has 0 aliphatic heterocycles. The van der Waals surface area contributed by atoms with Crippen molar-refractivity contribution in [2.45, 2.75) is 52.9 Å². The number of hydrogen-bond acceptors (Lipinski definition) is 10. The van der Waals surface area contributed by atoms with E-state index in [4.69, 9.17) is 0 Å². The van der Waals surface area contributed by atoms with E-state index in [9.17, 15) is 49.8 Å². The van der Waals surface area contributed by atoms with Crippen LogP contribution in [0.4, 0.5) is 0 Å². The van der Waals surface area contributed by atoms with Gasteiger partial charge in [0.25, 0.3) is 0 Å². The Morgan fingerprint density at radius 1 is 0.625 bits per heavy atom. The van der Waals surface area contributed by atoms with E-state index in [1.54, 1.807) is 45.9 Å². The standard InChI is InChI=1S/C38H36O10/c1-17(2)11-26(41)29-33(43)24(15-39)35(45)31(37(29)47)28(20-9-10-23-21(14-20)13-19-7-5-6-8-22(19)23)32-36(46)25(16-40)34(44)30(38(32)48)27(42)12-18(3)4/h5-10,14-18,28,43-48H,11-13H2,1-4H3. The van der Waals surface area contributed by atoms with Crippen LogP contribution in [0.15, 0.2) is 42.5 Å². The molecule has 48 heavy (non-hydrogen) atoms. The van der Waals surface area contributed by atoms with Gasteiger partial charge in [-0.25, -0.2) is 0 Å². The molecule has 0 atom stereocenters. The molecule has 1 aliphatic carbocycles. The van der Waals surface area contributed by atoms with Crippen LogP contribution in [0.3, 0.4) is 0 Å². The Labute approximate surface area is 276 Å². The lowest BCUT2D eigenvalue weighted by atomic mass is 9.78. The zero-order valence-electron chi connectivity index (χ0n) is 26.9. The summed E-state index contributed by atoms with van der Waals surface area (Å²) in [6, 6.07) is 12.7. The summed E-state index contributed by atoms with van der Waals surface area (Å²) in [6.07, 6.45) is 0.347. The zero-order chi connectivity index (χ0) is 35.2. The van der Waals surface area contributed by atoms with E-state index in [1.807, 2.05) is 24.3 Å². The Morgan fingerprint density at radius 3 is 1.54 bits per heavy atom. The van der Waals surface area contributed by atoms with Crippen LogP contribution >= 0.6 is 0 Å². The van der Waals surface area contributed by atoms with E-state index in [2.05, 4.69) is 0 Å². The van der Waals surface area contributed by atoms with Crippen molar-refractivity contribution in [3.05, 3.63) is 92.5 Å². The number of phenols is 6. The summed E-state index contributed by atoms with van der Waals surface area (Å²) in [5.41, 5.74) is -0.0913. The van der Waals surface area contributed by atoms with E-state index in [0.717, 1.165) is 22.3 Å². The Kier molecular flexibility index (Phi) is 9.04. The molecule has 6 N–H and O–H groups in total. The third kappa shape index (κ3) is 5.53. The number of fused-ring (bicyclic) bond motifs is 3. The largest absolute Gasteiger partial charge is 0.507 e. The maximum Gasteiger partial charge on any atom is 0.170 e. The van der Waals surface area contributed by atoms with Crippen molar-refractivity contribution in [2.24, 2.45) is 11.8 Å². The Bertz CT molecular complexity index is 1910. The van der Waals surface area contributed by atoms with E-state index >= 15 is 0 Å². The average molecular weight is 653 g/mol. The van der Waals surface area contributed by atoms with Crippen LogP contribution in [-0.4, -0.2) is 54.8 Å². The molecule has 10 heteroatoms. The quantitative estimate of drug-likeness (QED) is 0.0505. The lowest BCUT2D eigenvalue weighted by Gasteiger charge is -2.27. The minimum atomic E-state index is -1.66. The molecule has 0 radical (unpaired) electrons. The lowest BCUT2D eigenvalue weighted by Crippen LogP contribution is -2.14. The molecule has 0 spiro atoms. The lowest BCUT2D eigenvalue weighted by molar-refractivity contribution is 0.0952. The molecule has 4 aromatic carbocycles. The van der Waals surface area contributed by atoms with Gasteiger partial charge < -0.3 is 30.6 Å². The summed E-state index contributed by atoms with van der Waals surface area (Å²) < 4.78 is 0. The van der Waals surface area contributed by atoms with Gasteiger partial charge in [0.1, 0.15) is 45.6 Å². The van der Waals surface area contributed by atoms with Crippen molar-refractivity contribution in [3.8, 4) is 45.6 Å². The Morgan fingerprint density at radius 2 is 1.08 bits per heavy atom. The van der Waals surface area contributed by atoms with Gasteiger partial charge in [-0.15, -0.1) is 0 Å². The number of aldehydes is 2. The van der Waals surface area contributed by atoms with Crippen molar-refractivity contribution < 1.29 is 49.8 Å². The fourth-order valence-corrected chi connectivity index (χ4v) is 6.57. The summed E-state index contributed by atoms with van der Waals surface area (Å²) in [7, 11) is 0. The number of Topliss-reactive ketones (excluding diaryl/α,β-unsaturated/α-hetero) is 2. The van der Waals surface area contributed by atoms with Crippen LogP contribution in [0.2, 0.25) is 0 Å². The number of hydrogen-bond donors (Lipinski definition) is 6. The highest BCUT2D eigenvalue weighted by molar-refractivity contribution is 6.07. The van der Waals surface area contributed by atoms with Gasteiger partial charge in [0, 0.05) is 29.9 Å². The summed E-state index contributed by atoms with van der Waals surface area (Å²) in [4.78, 5) is 51.3. The molecule has 248 valence electrons. The van der Waals surface area contributed by atoms with Gasteiger partial charge in [-0.05, 0) is 46.1 Å². The molecule has 0 unspecified atom stereocenters. The molecule has 1 aliphatic rings. The SMILES string of the molecule is CC(C)CC(=O)c1c(O)c(C=O)c(O)c(C(c2ccc3c(c2)Cc2ccccc2-3)c2c(O)c(C=O)c(O)c(C(=O)CC(C)C)c2O)c1O. The topological polar surface area (TPSA) is 190 Å². The highest BCUT2D eigenvalue weighted by Gasteiger charge is 2.39. The number of benzene rings is 4. The number of ketones is 2. The Balaban J connectivity index is 1.92. The van der Waals surface area contributed by atoms with Crippen LogP contribution in [0.25, 0.3) is 11.1 Å². The molecule has 10 nitrogen and oxygen atoms in total. The highest BCUT2D eigenvalue weighted by Crippen LogP contribution is 2.55. The first-order valence-corrected chi connectivity index (χ1v) is 15.5. The molecule has 0 aromatic heterocycles. The number of carbonyl (C=O) groups excluding carboxylic acids is 4. The van der Waals surface area contributed by atoms with Crippen molar-refractivity contribution >= 4 is 24.1 Å².